The molecule has 1 amide bonds. The normalized spacial score (nSPS) is 11.9. The number of carbonyl (C=O) groups is 1. The summed E-state index contributed by atoms with van der Waals surface area (Å²) in [5.74, 6) is -4.80. The van der Waals surface area contributed by atoms with E-state index in [-0.39, 0.29) is 24.5 Å². The van der Waals surface area contributed by atoms with Gasteiger partial charge in [-0.25, -0.2) is 17.6 Å². The summed E-state index contributed by atoms with van der Waals surface area (Å²) in [6.07, 6.45) is -1.18. The SMILES string of the molecule is O=C(NCC(O)COc1ccc(F)c(F)c1)c1ccc(F)cc1F. The molecule has 0 heterocycles. The minimum Gasteiger partial charge on any atom is -0.491 e. The highest BCUT2D eigenvalue weighted by Gasteiger charge is 2.14. The number of nitrogens with one attached hydrogen (secondary N) is 1. The smallest absolute Gasteiger partial charge is 0.254 e. The average molecular weight is 343 g/mol. The van der Waals surface area contributed by atoms with E-state index in [1.165, 1.54) is 6.07 Å². The molecular weight excluding hydrogens is 330 g/mol. The fourth-order valence-electron chi connectivity index (χ4n) is 1.80. The van der Waals surface area contributed by atoms with Crippen LogP contribution in [0.25, 0.3) is 0 Å². The van der Waals surface area contributed by atoms with Crippen LogP contribution in [0.5, 0.6) is 5.75 Å². The maximum absolute atomic E-state index is 13.4. The zero-order valence-corrected chi connectivity index (χ0v) is 12.2. The number of ether oxygens (including phenoxy) is 1. The highest BCUT2D eigenvalue weighted by molar-refractivity contribution is 5.94. The highest BCUT2D eigenvalue weighted by Crippen LogP contribution is 2.15. The summed E-state index contributed by atoms with van der Waals surface area (Å²) in [7, 11) is 0. The molecule has 8 heteroatoms. The molecule has 0 aliphatic heterocycles. The lowest BCUT2D eigenvalue weighted by Crippen LogP contribution is -2.35. The van der Waals surface area contributed by atoms with Crippen molar-refractivity contribution in [2.75, 3.05) is 13.2 Å². The number of rotatable bonds is 6. The number of aliphatic hydroxyl groups is 1. The van der Waals surface area contributed by atoms with Gasteiger partial charge in [-0.05, 0) is 24.3 Å². The summed E-state index contributed by atoms with van der Waals surface area (Å²) in [4.78, 5) is 11.7. The Morgan fingerprint density at radius 3 is 2.46 bits per heavy atom. The zero-order chi connectivity index (χ0) is 17.7. The van der Waals surface area contributed by atoms with Gasteiger partial charge in [-0.3, -0.25) is 4.79 Å². The molecule has 128 valence electrons. The van der Waals surface area contributed by atoms with Gasteiger partial charge in [0.1, 0.15) is 30.1 Å². The standard InChI is InChI=1S/C16H13F4NO3/c17-9-1-3-12(14(19)5-9)16(23)21-7-10(22)8-24-11-2-4-13(18)15(20)6-11/h1-6,10,22H,7-8H2,(H,21,23). The van der Waals surface area contributed by atoms with Gasteiger partial charge in [0.25, 0.3) is 5.91 Å². The maximum atomic E-state index is 13.4. The number of carbonyl (C=O) groups excluding carboxylic acids is 1. The van der Waals surface area contributed by atoms with Gasteiger partial charge in [0.2, 0.25) is 0 Å². The Morgan fingerprint density at radius 2 is 1.79 bits per heavy atom. The van der Waals surface area contributed by atoms with E-state index in [0.29, 0.717) is 6.07 Å². The van der Waals surface area contributed by atoms with E-state index in [2.05, 4.69) is 5.32 Å². The Balaban J connectivity index is 1.83. The van der Waals surface area contributed by atoms with Gasteiger partial charge in [0, 0.05) is 18.7 Å². The van der Waals surface area contributed by atoms with Gasteiger partial charge in [-0.2, -0.15) is 0 Å². The van der Waals surface area contributed by atoms with Crippen molar-refractivity contribution in [3.05, 3.63) is 65.2 Å². The average Bonchev–Trinajstić information content (AvgIpc) is 2.53. The molecular formula is C16H13F4NO3. The predicted octanol–water partition coefficient (Wildman–Crippen LogP) is 2.41. The van der Waals surface area contributed by atoms with Gasteiger partial charge < -0.3 is 15.2 Å². The van der Waals surface area contributed by atoms with E-state index in [1.54, 1.807) is 0 Å². The number of hydrogen-bond donors (Lipinski definition) is 2. The topological polar surface area (TPSA) is 58.6 Å². The Labute approximate surface area is 134 Å². The molecule has 1 atom stereocenters. The first kappa shape index (κ1) is 17.7. The highest BCUT2D eigenvalue weighted by atomic mass is 19.2. The van der Waals surface area contributed by atoms with Crippen molar-refractivity contribution in [3.63, 3.8) is 0 Å². The molecule has 0 bridgehead atoms. The lowest BCUT2D eigenvalue weighted by Gasteiger charge is -2.13. The van der Waals surface area contributed by atoms with E-state index in [9.17, 15) is 27.5 Å². The fraction of sp³-hybridized carbons (Fsp3) is 0.188. The van der Waals surface area contributed by atoms with Crippen molar-refractivity contribution in [2.24, 2.45) is 0 Å². The predicted molar refractivity (Wildman–Crippen MR) is 76.6 cm³/mol. The molecule has 1 unspecified atom stereocenters. The number of amides is 1. The third kappa shape index (κ3) is 4.69. The van der Waals surface area contributed by atoms with E-state index in [1.807, 2.05) is 0 Å². The minimum absolute atomic E-state index is 0.00357. The second-order valence-corrected chi connectivity index (χ2v) is 4.87. The first-order valence-electron chi connectivity index (χ1n) is 6.86. The number of hydrogen-bond acceptors (Lipinski definition) is 3. The van der Waals surface area contributed by atoms with Crippen LogP contribution in [0.2, 0.25) is 0 Å². The Hall–Kier alpha value is -2.61. The Morgan fingerprint density at radius 1 is 1.04 bits per heavy atom. The third-order valence-corrected chi connectivity index (χ3v) is 3.01. The van der Waals surface area contributed by atoms with Gasteiger partial charge in [-0.1, -0.05) is 0 Å². The molecule has 24 heavy (non-hydrogen) atoms. The zero-order valence-electron chi connectivity index (χ0n) is 12.2. The van der Waals surface area contributed by atoms with Gasteiger partial charge in [0.15, 0.2) is 11.6 Å². The van der Waals surface area contributed by atoms with E-state index >= 15 is 0 Å². The van der Waals surface area contributed by atoms with Gasteiger partial charge in [0.05, 0.1) is 5.56 Å². The molecule has 0 fully saturated rings. The van der Waals surface area contributed by atoms with Crippen molar-refractivity contribution < 1.29 is 32.2 Å². The van der Waals surface area contributed by atoms with Crippen LogP contribution in [0.4, 0.5) is 17.6 Å². The first-order chi connectivity index (χ1) is 11.4. The molecule has 0 saturated carbocycles. The third-order valence-electron chi connectivity index (χ3n) is 3.01. The van der Waals surface area contributed by atoms with Gasteiger partial charge in [-0.15, -0.1) is 0 Å². The molecule has 2 aromatic carbocycles. The van der Waals surface area contributed by atoms with E-state index in [0.717, 1.165) is 24.3 Å². The van der Waals surface area contributed by atoms with Crippen LogP contribution in [-0.2, 0) is 0 Å². The molecule has 0 aliphatic rings. The Bertz CT molecular complexity index is 739. The van der Waals surface area contributed by atoms with Crippen LogP contribution in [-0.4, -0.2) is 30.3 Å². The molecule has 0 aromatic heterocycles. The largest absolute Gasteiger partial charge is 0.491 e. The summed E-state index contributed by atoms with van der Waals surface area (Å²) in [5, 5.41) is 11.9. The van der Waals surface area contributed by atoms with Crippen LogP contribution in [0.1, 0.15) is 10.4 Å². The second-order valence-electron chi connectivity index (χ2n) is 4.87. The summed E-state index contributed by atoms with van der Waals surface area (Å²) >= 11 is 0. The van der Waals surface area contributed by atoms with Crippen molar-refractivity contribution in [2.45, 2.75) is 6.10 Å². The molecule has 0 aliphatic carbocycles. The monoisotopic (exact) mass is 343 g/mol. The van der Waals surface area contributed by atoms with Crippen LogP contribution < -0.4 is 10.1 Å². The summed E-state index contributed by atoms with van der Waals surface area (Å²) in [5.41, 5.74) is -0.370. The molecule has 0 radical (unpaired) electrons. The molecule has 2 aromatic rings. The van der Waals surface area contributed by atoms with Crippen LogP contribution >= 0.6 is 0 Å². The second kappa shape index (κ2) is 7.78. The van der Waals surface area contributed by atoms with Crippen LogP contribution in [0, 0.1) is 23.3 Å². The molecule has 0 saturated heterocycles. The summed E-state index contributed by atoms with van der Waals surface area (Å²) in [6.45, 7) is -0.587. The van der Waals surface area contributed by atoms with Crippen molar-refractivity contribution in [3.8, 4) is 5.75 Å². The van der Waals surface area contributed by atoms with Crippen LogP contribution in [0.15, 0.2) is 36.4 Å². The van der Waals surface area contributed by atoms with E-state index in [4.69, 9.17) is 4.74 Å². The molecule has 2 rings (SSSR count). The minimum atomic E-state index is -1.18. The number of aliphatic hydroxyl groups excluding tert-OH is 1. The Kier molecular flexibility index (Phi) is 5.75. The molecule has 2 N–H and O–H groups in total. The first-order valence-corrected chi connectivity index (χ1v) is 6.86. The number of halogens is 4. The summed E-state index contributed by atoms with van der Waals surface area (Å²) in [6, 6.07) is 5.34. The lowest BCUT2D eigenvalue weighted by molar-refractivity contribution is 0.0840. The molecule has 4 nitrogen and oxygen atoms in total. The fourth-order valence-corrected chi connectivity index (χ4v) is 1.80. The molecule has 0 spiro atoms. The van der Waals surface area contributed by atoms with Crippen molar-refractivity contribution in [1.82, 2.24) is 5.32 Å². The van der Waals surface area contributed by atoms with Crippen molar-refractivity contribution in [1.29, 1.82) is 0 Å². The maximum Gasteiger partial charge on any atom is 0.254 e. The quantitative estimate of drug-likeness (QED) is 0.792. The number of benzene rings is 2. The van der Waals surface area contributed by atoms with Gasteiger partial charge >= 0.3 is 0 Å². The van der Waals surface area contributed by atoms with E-state index < -0.39 is 35.3 Å². The van der Waals surface area contributed by atoms with Crippen LogP contribution in [0.3, 0.4) is 0 Å². The lowest BCUT2D eigenvalue weighted by atomic mass is 10.2. The summed E-state index contributed by atoms with van der Waals surface area (Å²) < 4.78 is 56.9. The van der Waals surface area contributed by atoms with Crippen molar-refractivity contribution >= 4 is 5.91 Å².